The number of nitro groups is 1. The van der Waals surface area contributed by atoms with Crippen LogP contribution in [0, 0.1) is 10.1 Å². The van der Waals surface area contributed by atoms with Gasteiger partial charge in [0.1, 0.15) is 5.56 Å². The molecule has 1 aliphatic rings. The van der Waals surface area contributed by atoms with Crippen molar-refractivity contribution in [2.24, 2.45) is 0 Å². The standard InChI is InChI=1S/C12H14N2O5/c1-7-10(4-5-19-7)13-8-2-3-9(12(15)16)11(6-8)14(17)18/h2-3,6-7,10,13H,4-5H2,1H3,(H,15,16). The quantitative estimate of drug-likeness (QED) is 0.637. The Morgan fingerprint density at radius 3 is 2.84 bits per heavy atom. The Morgan fingerprint density at radius 1 is 1.58 bits per heavy atom. The number of ether oxygens (including phenoxy) is 1. The normalized spacial score (nSPS) is 22.2. The van der Waals surface area contributed by atoms with Gasteiger partial charge in [-0.3, -0.25) is 10.1 Å². The zero-order valence-electron chi connectivity index (χ0n) is 10.3. The van der Waals surface area contributed by atoms with Crippen LogP contribution < -0.4 is 5.32 Å². The molecular weight excluding hydrogens is 252 g/mol. The highest BCUT2D eigenvalue weighted by molar-refractivity contribution is 5.93. The van der Waals surface area contributed by atoms with E-state index in [0.717, 1.165) is 6.42 Å². The van der Waals surface area contributed by atoms with Crippen molar-refractivity contribution >= 4 is 17.3 Å². The molecule has 7 heteroatoms. The maximum atomic E-state index is 10.9. The van der Waals surface area contributed by atoms with Gasteiger partial charge in [-0.25, -0.2) is 4.79 Å². The van der Waals surface area contributed by atoms with E-state index in [1.807, 2.05) is 6.92 Å². The molecule has 2 N–H and O–H groups in total. The fourth-order valence-electron chi connectivity index (χ4n) is 2.09. The molecule has 1 heterocycles. The molecule has 0 radical (unpaired) electrons. The van der Waals surface area contributed by atoms with Crippen molar-refractivity contribution in [2.75, 3.05) is 11.9 Å². The molecule has 0 amide bonds. The van der Waals surface area contributed by atoms with Crippen molar-refractivity contribution in [3.8, 4) is 0 Å². The van der Waals surface area contributed by atoms with Crippen LogP contribution in [0.5, 0.6) is 0 Å². The number of carboxylic acid groups (broad SMARTS) is 1. The summed E-state index contributed by atoms with van der Waals surface area (Å²) in [7, 11) is 0. The summed E-state index contributed by atoms with van der Waals surface area (Å²) in [5.74, 6) is -1.31. The van der Waals surface area contributed by atoms with Gasteiger partial charge in [0.2, 0.25) is 0 Å². The van der Waals surface area contributed by atoms with Crippen LogP contribution in [0.25, 0.3) is 0 Å². The topological polar surface area (TPSA) is 102 Å². The number of rotatable bonds is 4. The van der Waals surface area contributed by atoms with Crippen molar-refractivity contribution in [2.45, 2.75) is 25.5 Å². The van der Waals surface area contributed by atoms with Gasteiger partial charge in [-0.2, -0.15) is 0 Å². The molecule has 1 fully saturated rings. The number of nitrogens with zero attached hydrogens (tertiary/aromatic N) is 1. The van der Waals surface area contributed by atoms with Gasteiger partial charge in [0, 0.05) is 18.4 Å². The van der Waals surface area contributed by atoms with E-state index in [-0.39, 0.29) is 17.7 Å². The second kappa shape index (κ2) is 5.23. The molecule has 7 nitrogen and oxygen atoms in total. The van der Waals surface area contributed by atoms with Crippen molar-refractivity contribution in [3.63, 3.8) is 0 Å². The predicted molar refractivity (Wildman–Crippen MR) is 67.5 cm³/mol. The molecule has 0 bridgehead atoms. The summed E-state index contributed by atoms with van der Waals surface area (Å²) in [5.41, 5.74) is -0.200. The first-order valence-electron chi connectivity index (χ1n) is 5.89. The molecule has 1 aliphatic heterocycles. The number of hydrogen-bond acceptors (Lipinski definition) is 5. The third-order valence-electron chi connectivity index (χ3n) is 3.15. The van der Waals surface area contributed by atoms with Crippen molar-refractivity contribution in [1.82, 2.24) is 0 Å². The van der Waals surface area contributed by atoms with Gasteiger partial charge in [-0.15, -0.1) is 0 Å². The van der Waals surface area contributed by atoms with E-state index in [1.165, 1.54) is 18.2 Å². The third kappa shape index (κ3) is 2.82. The molecule has 0 spiro atoms. The Balaban J connectivity index is 2.25. The van der Waals surface area contributed by atoms with Crippen molar-refractivity contribution < 1.29 is 19.6 Å². The number of nitrogens with one attached hydrogen (secondary N) is 1. The molecule has 1 saturated heterocycles. The Hall–Kier alpha value is -2.15. The van der Waals surface area contributed by atoms with Crippen LogP contribution in [0.2, 0.25) is 0 Å². The molecule has 0 saturated carbocycles. The van der Waals surface area contributed by atoms with Gasteiger partial charge in [-0.05, 0) is 25.5 Å². The Labute approximate surface area is 109 Å². The van der Waals surface area contributed by atoms with E-state index in [2.05, 4.69) is 5.32 Å². The van der Waals surface area contributed by atoms with Gasteiger partial charge in [0.25, 0.3) is 5.69 Å². The monoisotopic (exact) mass is 266 g/mol. The molecule has 1 aromatic carbocycles. The Kier molecular flexibility index (Phi) is 3.66. The fraction of sp³-hybridized carbons (Fsp3) is 0.417. The molecule has 19 heavy (non-hydrogen) atoms. The summed E-state index contributed by atoms with van der Waals surface area (Å²) >= 11 is 0. The second-order valence-corrected chi connectivity index (χ2v) is 4.41. The molecule has 2 rings (SSSR count). The smallest absolute Gasteiger partial charge is 0.342 e. The largest absolute Gasteiger partial charge is 0.477 e. The van der Waals surface area contributed by atoms with E-state index >= 15 is 0 Å². The number of nitro benzene ring substituents is 1. The van der Waals surface area contributed by atoms with Gasteiger partial charge in [-0.1, -0.05) is 0 Å². The lowest BCUT2D eigenvalue weighted by molar-refractivity contribution is -0.385. The highest BCUT2D eigenvalue weighted by Gasteiger charge is 2.25. The number of benzene rings is 1. The molecule has 2 atom stereocenters. The molecule has 2 unspecified atom stereocenters. The molecule has 0 aliphatic carbocycles. The van der Waals surface area contributed by atoms with Crippen LogP contribution >= 0.6 is 0 Å². The third-order valence-corrected chi connectivity index (χ3v) is 3.15. The van der Waals surface area contributed by atoms with Crippen LogP contribution in [-0.4, -0.2) is 34.8 Å². The minimum absolute atomic E-state index is 0.0261. The van der Waals surface area contributed by atoms with Crippen LogP contribution in [0.4, 0.5) is 11.4 Å². The lowest BCUT2D eigenvalue weighted by atomic mass is 10.1. The first kappa shape index (κ1) is 13.3. The Bertz CT molecular complexity index is 517. The van der Waals surface area contributed by atoms with E-state index in [0.29, 0.717) is 12.3 Å². The summed E-state index contributed by atoms with van der Waals surface area (Å²) in [5, 5.41) is 22.9. The van der Waals surface area contributed by atoms with Gasteiger partial charge in [0.15, 0.2) is 0 Å². The first-order chi connectivity index (χ1) is 8.99. The summed E-state index contributed by atoms with van der Waals surface area (Å²) in [4.78, 5) is 21.1. The highest BCUT2D eigenvalue weighted by Crippen LogP contribution is 2.25. The van der Waals surface area contributed by atoms with Crippen LogP contribution in [0.3, 0.4) is 0 Å². The maximum Gasteiger partial charge on any atom is 0.342 e. The molecule has 1 aromatic rings. The van der Waals surface area contributed by atoms with Gasteiger partial charge >= 0.3 is 5.97 Å². The van der Waals surface area contributed by atoms with Crippen LogP contribution in [0.1, 0.15) is 23.7 Å². The van der Waals surface area contributed by atoms with E-state index < -0.39 is 16.6 Å². The van der Waals surface area contributed by atoms with Crippen molar-refractivity contribution in [3.05, 3.63) is 33.9 Å². The number of aromatic carboxylic acids is 1. The summed E-state index contributed by atoms with van der Waals surface area (Å²) in [6.45, 7) is 2.57. The summed E-state index contributed by atoms with van der Waals surface area (Å²) in [6, 6.07) is 4.09. The fourth-order valence-corrected chi connectivity index (χ4v) is 2.09. The highest BCUT2D eigenvalue weighted by atomic mass is 16.6. The Morgan fingerprint density at radius 2 is 2.32 bits per heavy atom. The summed E-state index contributed by atoms with van der Waals surface area (Å²) in [6.07, 6.45) is 0.841. The lowest BCUT2D eigenvalue weighted by Crippen LogP contribution is -2.26. The van der Waals surface area contributed by atoms with Gasteiger partial charge in [0.05, 0.1) is 17.1 Å². The van der Waals surface area contributed by atoms with Crippen LogP contribution in [-0.2, 0) is 4.74 Å². The van der Waals surface area contributed by atoms with E-state index in [4.69, 9.17) is 9.84 Å². The second-order valence-electron chi connectivity index (χ2n) is 4.41. The molecule has 0 aromatic heterocycles. The number of anilines is 1. The lowest BCUT2D eigenvalue weighted by Gasteiger charge is -2.17. The number of carbonyl (C=O) groups is 1. The minimum atomic E-state index is -1.31. The van der Waals surface area contributed by atoms with E-state index in [1.54, 1.807) is 0 Å². The maximum absolute atomic E-state index is 10.9. The first-order valence-corrected chi connectivity index (χ1v) is 5.89. The zero-order chi connectivity index (χ0) is 14.0. The van der Waals surface area contributed by atoms with Crippen LogP contribution in [0.15, 0.2) is 18.2 Å². The van der Waals surface area contributed by atoms with E-state index in [9.17, 15) is 14.9 Å². The zero-order valence-corrected chi connectivity index (χ0v) is 10.3. The average molecular weight is 266 g/mol. The minimum Gasteiger partial charge on any atom is -0.477 e. The predicted octanol–water partition coefficient (Wildman–Crippen LogP) is 1.88. The molecule has 102 valence electrons. The average Bonchev–Trinajstić information content (AvgIpc) is 2.74. The van der Waals surface area contributed by atoms with Crippen molar-refractivity contribution in [1.29, 1.82) is 0 Å². The SMILES string of the molecule is CC1OCCC1Nc1ccc(C(=O)O)c([N+](=O)[O-])c1. The number of carboxylic acids is 1. The summed E-state index contributed by atoms with van der Waals surface area (Å²) < 4.78 is 5.39. The van der Waals surface area contributed by atoms with Gasteiger partial charge < -0.3 is 15.2 Å². The molecular formula is C12H14N2O5. The number of hydrogen-bond donors (Lipinski definition) is 2.